The van der Waals surface area contributed by atoms with Gasteiger partial charge in [0.15, 0.2) is 0 Å². The fraction of sp³-hybridized carbons (Fsp3) is 0. The Morgan fingerprint density at radius 2 is 0.875 bits per heavy atom. The van der Waals surface area contributed by atoms with Gasteiger partial charge in [0.05, 0.1) is 5.69 Å². The number of para-hydroxylation sites is 1. The molecule has 0 unspecified atom stereocenters. The first-order chi connectivity index (χ1) is 27.8. The van der Waals surface area contributed by atoms with Gasteiger partial charge in [0.1, 0.15) is 11.2 Å². The fourth-order valence-electron chi connectivity index (χ4n) is 8.57. The van der Waals surface area contributed by atoms with Crippen molar-refractivity contribution in [2.24, 2.45) is 0 Å². The molecule has 0 aliphatic heterocycles. The summed E-state index contributed by atoms with van der Waals surface area (Å²) in [4.78, 5) is 2.41. The molecule has 0 aliphatic rings. The summed E-state index contributed by atoms with van der Waals surface area (Å²) in [6.45, 7) is 0. The summed E-state index contributed by atoms with van der Waals surface area (Å²) in [7, 11) is 0. The van der Waals surface area contributed by atoms with Crippen molar-refractivity contribution in [3.05, 3.63) is 212 Å². The van der Waals surface area contributed by atoms with Gasteiger partial charge < -0.3 is 9.32 Å². The number of anilines is 3. The monoisotopic (exact) mass is 713 g/mol. The summed E-state index contributed by atoms with van der Waals surface area (Å²) in [5.74, 6) is 0. The van der Waals surface area contributed by atoms with Crippen molar-refractivity contribution in [3.63, 3.8) is 0 Å². The molecule has 0 spiro atoms. The lowest BCUT2D eigenvalue weighted by atomic mass is 9.89. The van der Waals surface area contributed by atoms with Crippen LogP contribution >= 0.6 is 0 Å². The van der Waals surface area contributed by atoms with E-state index in [4.69, 9.17) is 4.42 Å². The van der Waals surface area contributed by atoms with Crippen LogP contribution < -0.4 is 4.90 Å². The Morgan fingerprint density at radius 3 is 1.64 bits per heavy atom. The number of fused-ring (bicyclic) bond motifs is 7. The van der Waals surface area contributed by atoms with Crippen LogP contribution in [0.3, 0.4) is 0 Å². The third kappa shape index (κ3) is 5.34. The van der Waals surface area contributed by atoms with E-state index < -0.39 is 0 Å². The lowest BCUT2D eigenvalue weighted by Crippen LogP contribution is -2.10. The number of rotatable bonds is 6. The highest BCUT2D eigenvalue weighted by atomic mass is 16.3. The molecule has 0 atom stereocenters. The molecule has 11 rings (SSSR count). The molecule has 0 N–H and O–H groups in total. The molecule has 56 heavy (non-hydrogen) atoms. The van der Waals surface area contributed by atoms with Gasteiger partial charge in [-0.1, -0.05) is 164 Å². The van der Waals surface area contributed by atoms with Gasteiger partial charge in [-0.15, -0.1) is 0 Å². The maximum absolute atomic E-state index is 6.26. The predicted octanol–water partition coefficient (Wildman–Crippen LogP) is 15.5. The molecular formula is C54H35NO. The van der Waals surface area contributed by atoms with E-state index in [2.05, 4.69) is 205 Å². The van der Waals surface area contributed by atoms with Crippen molar-refractivity contribution in [1.82, 2.24) is 0 Å². The van der Waals surface area contributed by atoms with E-state index >= 15 is 0 Å². The average Bonchev–Trinajstić information content (AvgIpc) is 3.65. The second-order valence-corrected chi connectivity index (χ2v) is 14.5. The molecule has 1 heterocycles. The molecule has 2 nitrogen and oxygen atoms in total. The van der Waals surface area contributed by atoms with Crippen molar-refractivity contribution in [2.75, 3.05) is 4.90 Å². The normalized spacial score (nSPS) is 11.6. The first-order valence-electron chi connectivity index (χ1n) is 19.2. The van der Waals surface area contributed by atoms with E-state index in [1.54, 1.807) is 0 Å². The molecule has 2 heteroatoms. The first kappa shape index (κ1) is 32.0. The Morgan fingerprint density at radius 1 is 0.304 bits per heavy atom. The van der Waals surface area contributed by atoms with Crippen molar-refractivity contribution in [3.8, 4) is 33.4 Å². The van der Waals surface area contributed by atoms with E-state index in [-0.39, 0.29) is 0 Å². The van der Waals surface area contributed by atoms with Crippen LogP contribution in [0.2, 0.25) is 0 Å². The molecular weight excluding hydrogens is 679 g/mol. The van der Waals surface area contributed by atoms with Crippen LogP contribution in [0, 0.1) is 0 Å². The zero-order valence-corrected chi connectivity index (χ0v) is 30.6. The molecule has 0 radical (unpaired) electrons. The highest BCUT2D eigenvalue weighted by Crippen LogP contribution is 2.44. The highest BCUT2D eigenvalue weighted by molar-refractivity contribution is 6.15. The Bertz CT molecular complexity index is 3230. The van der Waals surface area contributed by atoms with Crippen LogP contribution in [-0.2, 0) is 0 Å². The average molecular weight is 714 g/mol. The molecule has 0 aliphatic carbocycles. The molecule has 10 aromatic carbocycles. The minimum atomic E-state index is 0.902. The second-order valence-electron chi connectivity index (χ2n) is 14.5. The number of furan rings is 1. The minimum Gasteiger partial charge on any atom is -0.456 e. The quantitative estimate of drug-likeness (QED) is 0.160. The van der Waals surface area contributed by atoms with E-state index in [9.17, 15) is 0 Å². The summed E-state index contributed by atoms with van der Waals surface area (Å²) in [6.07, 6.45) is 0. The molecule has 0 amide bonds. The van der Waals surface area contributed by atoms with Gasteiger partial charge in [0.25, 0.3) is 0 Å². The second kappa shape index (κ2) is 13.2. The van der Waals surface area contributed by atoms with Gasteiger partial charge in [-0.25, -0.2) is 0 Å². The molecule has 0 saturated heterocycles. The van der Waals surface area contributed by atoms with Crippen LogP contribution in [0.4, 0.5) is 17.1 Å². The maximum Gasteiger partial charge on any atom is 0.136 e. The van der Waals surface area contributed by atoms with Gasteiger partial charge in [0.2, 0.25) is 0 Å². The van der Waals surface area contributed by atoms with Crippen molar-refractivity contribution in [1.29, 1.82) is 0 Å². The standard InChI is InChI=1S/C54H35NO/c1-2-12-37(13-3-1)46-32-26-38-14-4-7-17-45(38)54(46)39-24-30-43(31-25-39)55(51-34-41-15-5-6-16-44(41)47-18-8-9-19-48(47)51)42-28-22-36(23-29-42)40-27-33-50-49-20-10-11-21-52(49)56-53(50)35-40/h1-35H. The van der Waals surface area contributed by atoms with Crippen molar-refractivity contribution in [2.45, 2.75) is 0 Å². The smallest absolute Gasteiger partial charge is 0.136 e. The fourth-order valence-corrected chi connectivity index (χ4v) is 8.57. The summed E-state index contributed by atoms with van der Waals surface area (Å²) in [5.41, 5.74) is 12.3. The summed E-state index contributed by atoms with van der Waals surface area (Å²) in [5, 5.41) is 9.66. The molecule has 11 aromatic rings. The summed E-state index contributed by atoms with van der Waals surface area (Å²) >= 11 is 0. The molecule has 0 saturated carbocycles. The topological polar surface area (TPSA) is 16.4 Å². The van der Waals surface area contributed by atoms with Crippen LogP contribution in [0.25, 0.3) is 87.6 Å². The van der Waals surface area contributed by atoms with E-state index in [1.165, 1.54) is 54.6 Å². The molecule has 0 fully saturated rings. The van der Waals surface area contributed by atoms with E-state index in [1.807, 2.05) is 12.1 Å². The van der Waals surface area contributed by atoms with Crippen LogP contribution in [-0.4, -0.2) is 0 Å². The van der Waals surface area contributed by atoms with Gasteiger partial charge in [0, 0.05) is 27.5 Å². The number of hydrogen-bond acceptors (Lipinski definition) is 2. The number of hydrogen-bond donors (Lipinski definition) is 0. The third-order valence-corrected chi connectivity index (χ3v) is 11.3. The zero-order chi connectivity index (χ0) is 37.0. The lowest BCUT2D eigenvalue weighted by Gasteiger charge is -2.28. The number of benzene rings is 10. The Balaban J connectivity index is 1.07. The van der Waals surface area contributed by atoms with E-state index in [0.717, 1.165) is 50.1 Å². The SMILES string of the molecule is c1ccc(-c2ccc3ccccc3c2-c2ccc(N(c3ccc(-c4ccc5c(c4)oc4ccccc45)cc3)c3cc4ccccc4c4ccccc34)cc2)cc1. The molecule has 0 bridgehead atoms. The predicted molar refractivity (Wildman–Crippen MR) is 237 cm³/mol. The zero-order valence-electron chi connectivity index (χ0n) is 30.6. The van der Waals surface area contributed by atoms with Gasteiger partial charge in [-0.05, 0) is 109 Å². The Labute approximate surface area is 325 Å². The molecule has 1 aromatic heterocycles. The molecule has 262 valence electrons. The first-order valence-corrected chi connectivity index (χ1v) is 19.2. The Hall–Kier alpha value is -7.42. The van der Waals surface area contributed by atoms with Crippen LogP contribution in [0.1, 0.15) is 0 Å². The third-order valence-electron chi connectivity index (χ3n) is 11.3. The summed E-state index contributed by atoms with van der Waals surface area (Å²) < 4.78 is 6.26. The maximum atomic E-state index is 6.26. The largest absolute Gasteiger partial charge is 0.456 e. The van der Waals surface area contributed by atoms with Gasteiger partial charge >= 0.3 is 0 Å². The van der Waals surface area contributed by atoms with Crippen molar-refractivity contribution < 1.29 is 4.42 Å². The van der Waals surface area contributed by atoms with Gasteiger partial charge in [-0.3, -0.25) is 0 Å². The van der Waals surface area contributed by atoms with E-state index in [0.29, 0.717) is 0 Å². The van der Waals surface area contributed by atoms with Crippen LogP contribution in [0.15, 0.2) is 217 Å². The van der Waals surface area contributed by atoms with Crippen LogP contribution in [0.5, 0.6) is 0 Å². The van der Waals surface area contributed by atoms with Crippen molar-refractivity contribution >= 4 is 71.3 Å². The number of nitrogens with zero attached hydrogens (tertiary/aromatic N) is 1. The minimum absolute atomic E-state index is 0.902. The summed E-state index contributed by atoms with van der Waals surface area (Å²) in [6, 6.07) is 76.6. The lowest BCUT2D eigenvalue weighted by molar-refractivity contribution is 0.669. The van der Waals surface area contributed by atoms with Gasteiger partial charge in [-0.2, -0.15) is 0 Å². The highest BCUT2D eigenvalue weighted by Gasteiger charge is 2.19. The Kier molecular flexibility index (Phi) is 7.53.